The van der Waals surface area contributed by atoms with E-state index in [0.29, 0.717) is 0 Å². The van der Waals surface area contributed by atoms with Crippen molar-refractivity contribution in [3.8, 4) is 11.1 Å². The number of hydrogen-bond donors (Lipinski definition) is 0. The molecule has 1 nitrogen and oxygen atoms in total. The summed E-state index contributed by atoms with van der Waals surface area (Å²) < 4.78 is 0. The molecular weight excluding hydrogens is 326 g/mol. The average molecular weight is 354 g/mol. The van der Waals surface area contributed by atoms with E-state index in [2.05, 4.69) is 94.9 Å². The van der Waals surface area contributed by atoms with Gasteiger partial charge >= 0.3 is 0 Å². The molecule has 0 heterocycles. The van der Waals surface area contributed by atoms with Gasteiger partial charge in [-0.1, -0.05) is 100 Å². The van der Waals surface area contributed by atoms with Crippen LogP contribution in [-0.2, 0) is 0 Å². The smallest absolute Gasteiger partial charge is 0.0740 e. The lowest BCUT2D eigenvalue weighted by molar-refractivity contribution is 0.526. The Labute approximate surface area is 163 Å². The highest BCUT2D eigenvalue weighted by atomic mass is 14.8. The molecule has 0 aliphatic heterocycles. The van der Waals surface area contributed by atoms with Crippen molar-refractivity contribution in [2.24, 2.45) is 10.4 Å². The summed E-state index contributed by atoms with van der Waals surface area (Å²) in [6.07, 6.45) is 0. The molecule has 1 heteroatoms. The lowest BCUT2D eigenvalue weighted by Gasteiger charge is -2.24. The number of aryl methyl sites for hydroxylation is 1. The molecule has 0 aliphatic carbocycles. The molecule has 136 valence electrons. The third kappa shape index (κ3) is 4.43. The molecule has 0 unspecified atom stereocenters. The normalized spacial score (nSPS) is 12.1. The van der Waals surface area contributed by atoms with Crippen molar-refractivity contribution in [1.82, 2.24) is 0 Å². The van der Waals surface area contributed by atoms with E-state index in [-0.39, 0.29) is 5.41 Å². The fourth-order valence-corrected chi connectivity index (χ4v) is 2.92. The number of nitrogens with zero attached hydrogens (tertiary/aromatic N) is 1. The quantitative estimate of drug-likeness (QED) is 0.434. The van der Waals surface area contributed by atoms with Crippen LogP contribution in [0.25, 0.3) is 11.1 Å². The van der Waals surface area contributed by atoms with Gasteiger partial charge in [0, 0.05) is 5.56 Å². The summed E-state index contributed by atoms with van der Waals surface area (Å²) in [4.78, 5) is 5.01. The predicted molar refractivity (Wildman–Crippen MR) is 118 cm³/mol. The van der Waals surface area contributed by atoms with E-state index in [4.69, 9.17) is 4.99 Å². The van der Waals surface area contributed by atoms with E-state index in [9.17, 15) is 0 Å². The van der Waals surface area contributed by atoms with Crippen molar-refractivity contribution in [3.63, 3.8) is 0 Å². The molecule has 0 N–H and O–H groups in total. The molecule has 0 saturated carbocycles. The Balaban J connectivity index is 2.06. The van der Waals surface area contributed by atoms with Gasteiger partial charge in [-0.25, -0.2) is 4.99 Å². The zero-order valence-electron chi connectivity index (χ0n) is 16.7. The molecule has 3 aromatic carbocycles. The third-order valence-electron chi connectivity index (χ3n) is 4.80. The molecule has 0 saturated heterocycles. The minimum Gasteiger partial charge on any atom is -0.248 e. The Morgan fingerprint density at radius 1 is 0.741 bits per heavy atom. The van der Waals surface area contributed by atoms with Crippen molar-refractivity contribution in [2.45, 2.75) is 27.7 Å². The van der Waals surface area contributed by atoms with E-state index in [0.717, 1.165) is 28.1 Å². The summed E-state index contributed by atoms with van der Waals surface area (Å²) >= 11 is 0. The molecule has 0 atom stereocenters. The van der Waals surface area contributed by atoms with Gasteiger partial charge in [0.05, 0.1) is 11.4 Å². The minimum atomic E-state index is -0.0559. The maximum absolute atomic E-state index is 5.01. The Morgan fingerprint density at radius 3 is 1.89 bits per heavy atom. The third-order valence-corrected chi connectivity index (χ3v) is 4.80. The number of benzene rings is 3. The summed E-state index contributed by atoms with van der Waals surface area (Å²) in [5.41, 5.74) is 7.61. The van der Waals surface area contributed by atoms with Crippen LogP contribution >= 0.6 is 0 Å². The fraction of sp³-hybridized carbons (Fsp3) is 0.192. The summed E-state index contributed by atoms with van der Waals surface area (Å²) in [7, 11) is 0. The second-order valence-electron chi connectivity index (χ2n) is 7.92. The Bertz CT molecular complexity index is 955. The van der Waals surface area contributed by atoms with Gasteiger partial charge < -0.3 is 0 Å². The highest BCUT2D eigenvalue weighted by Crippen LogP contribution is 2.31. The zero-order chi connectivity index (χ0) is 19.4. The first-order chi connectivity index (χ1) is 12.9. The number of hydrogen-bond acceptors (Lipinski definition) is 1. The average Bonchev–Trinajstić information content (AvgIpc) is 2.67. The predicted octanol–water partition coefficient (Wildman–Crippen LogP) is 7.39. The maximum Gasteiger partial charge on any atom is 0.0740 e. The van der Waals surface area contributed by atoms with Gasteiger partial charge in [-0.15, -0.1) is 0 Å². The largest absolute Gasteiger partial charge is 0.248 e. The molecule has 3 aromatic rings. The number of aliphatic imine (C=N–C) groups is 1. The van der Waals surface area contributed by atoms with Gasteiger partial charge in [-0.05, 0) is 40.7 Å². The monoisotopic (exact) mass is 353 g/mol. The summed E-state index contributed by atoms with van der Waals surface area (Å²) in [6, 6.07) is 27.3. The number of rotatable bonds is 4. The molecule has 0 aliphatic rings. The van der Waals surface area contributed by atoms with Crippen molar-refractivity contribution in [2.75, 3.05) is 0 Å². The fourth-order valence-electron chi connectivity index (χ4n) is 2.92. The van der Waals surface area contributed by atoms with Crippen LogP contribution in [0.1, 0.15) is 31.9 Å². The van der Waals surface area contributed by atoms with Gasteiger partial charge in [-0.3, -0.25) is 0 Å². The lowest BCUT2D eigenvalue weighted by atomic mass is 9.82. The molecule has 0 fully saturated rings. The lowest BCUT2D eigenvalue weighted by Crippen LogP contribution is -2.18. The van der Waals surface area contributed by atoms with Crippen LogP contribution in [0.3, 0.4) is 0 Å². The van der Waals surface area contributed by atoms with Crippen LogP contribution in [0, 0.1) is 12.3 Å². The van der Waals surface area contributed by atoms with Crippen LogP contribution in [0.2, 0.25) is 0 Å². The van der Waals surface area contributed by atoms with Crippen molar-refractivity contribution >= 4 is 11.4 Å². The standard InChI is InChI=1S/C26H27N/c1-19-11-9-10-14-24(19)27-25(20(2)26(3,4)5)23-17-15-22(16-18-23)21-12-7-6-8-13-21/h6-18H,2H2,1,3-5H3/b27-25+. The Kier molecular flexibility index (Phi) is 5.41. The van der Waals surface area contributed by atoms with Gasteiger partial charge in [0.2, 0.25) is 0 Å². The van der Waals surface area contributed by atoms with E-state index < -0.39 is 0 Å². The second-order valence-corrected chi connectivity index (χ2v) is 7.92. The van der Waals surface area contributed by atoms with E-state index in [1.165, 1.54) is 11.1 Å². The molecule has 27 heavy (non-hydrogen) atoms. The molecular formula is C26H27N. The van der Waals surface area contributed by atoms with Gasteiger partial charge in [0.1, 0.15) is 0 Å². The van der Waals surface area contributed by atoms with Crippen LogP contribution in [0.5, 0.6) is 0 Å². The van der Waals surface area contributed by atoms with Crippen molar-refractivity contribution in [3.05, 3.63) is 102 Å². The van der Waals surface area contributed by atoms with Crippen LogP contribution in [-0.4, -0.2) is 5.71 Å². The molecule has 0 radical (unpaired) electrons. The Morgan fingerprint density at radius 2 is 1.30 bits per heavy atom. The number of allylic oxidation sites excluding steroid dienone is 1. The van der Waals surface area contributed by atoms with E-state index in [1.54, 1.807) is 0 Å². The van der Waals surface area contributed by atoms with Gasteiger partial charge in [0.25, 0.3) is 0 Å². The first-order valence-corrected chi connectivity index (χ1v) is 9.36. The van der Waals surface area contributed by atoms with Gasteiger partial charge in [-0.2, -0.15) is 0 Å². The molecule has 0 aromatic heterocycles. The highest BCUT2D eigenvalue weighted by Gasteiger charge is 2.21. The second kappa shape index (κ2) is 7.75. The minimum absolute atomic E-state index is 0.0559. The van der Waals surface area contributed by atoms with Gasteiger partial charge in [0.15, 0.2) is 0 Å². The van der Waals surface area contributed by atoms with Crippen LogP contribution in [0.4, 0.5) is 5.69 Å². The van der Waals surface area contributed by atoms with Crippen molar-refractivity contribution in [1.29, 1.82) is 0 Å². The molecule has 3 rings (SSSR count). The topological polar surface area (TPSA) is 12.4 Å². The summed E-state index contributed by atoms with van der Waals surface area (Å²) in [5.74, 6) is 0. The SMILES string of the molecule is C=C(/C(=N\c1ccccc1C)c1ccc(-c2ccccc2)cc1)C(C)(C)C. The van der Waals surface area contributed by atoms with Crippen LogP contribution < -0.4 is 0 Å². The summed E-state index contributed by atoms with van der Waals surface area (Å²) in [6.45, 7) is 13.0. The summed E-state index contributed by atoms with van der Waals surface area (Å²) in [5, 5.41) is 0. The maximum atomic E-state index is 5.01. The van der Waals surface area contributed by atoms with Crippen LogP contribution in [0.15, 0.2) is 96.0 Å². The first kappa shape index (κ1) is 18.8. The highest BCUT2D eigenvalue weighted by molar-refractivity contribution is 6.14. The van der Waals surface area contributed by atoms with E-state index in [1.807, 2.05) is 18.2 Å². The zero-order valence-corrected chi connectivity index (χ0v) is 16.7. The number of para-hydroxylation sites is 1. The Hall–Kier alpha value is -2.93. The van der Waals surface area contributed by atoms with E-state index >= 15 is 0 Å². The van der Waals surface area contributed by atoms with Crippen molar-refractivity contribution < 1.29 is 0 Å². The molecule has 0 spiro atoms. The first-order valence-electron chi connectivity index (χ1n) is 9.36. The molecule has 0 amide bonds. The molecule has 0 bridgehead atoms.